The summed E-state index contributed by atoms with van der Waals surface area (Å²) in [5.41, 5.74) is 1.33. The van der Waals surface area contributed by atoms with Gasteiger partial charge in [0, 0.05) is 18.2 Å². The molecule has 2 atom stereocenters. The number of aliphatic hydroxyl groups excluding tert-OH is 1. The number of pyridine rings is 1. The minimum absolute atomic E-state index is 0.144. The average molecular weight is 275 g/mol. The lowest BCUT2D eigenvalue weighted by molar-refractivity contribution is 0.138. The number of benzene rings is 1. The van der Waals surface area contributed by atoms with Crippen molar-refractivity contribution in [1.29, 1.82) is 0 Å². The van der Waals surface area contributed by atoms with E-state index in [9.17, 15) is 14.3 Å². The maximum absolute atomic E-state index is 13.7. The molecule has 0 saturated heterocycles. The van der Waals surface area contributed by atoms with Crippen LogP contribution in [-0.4, -0.2) is 16.2 Å². The maximum Gasteiger partial charge on any atom is 0.247 e. The van der Waals surface area contributed by atoms with Crippen LogP contribution in [0.5, 0.6) is 0 Å². The maximum atomic E-state index is 13.7. The lowest BCUT2D eigenvalue weighted by Crippen LogP contribution is -2.18. The van der Waals surface area contributed by atoms with Crippen LogP contribution in [-0.2, 0) is 6.42 Å². The Labute approximate surface area is 117 Å². The van der Waals surface area contributed by atoms with E-state index in [0.29, 0.717) is 18.4 Å². The summed E-state index contributed by atoms with van der Waals surface area (Å²) in [4.78, 5) is 13.5. The van der Waals surface area contributed by atoms with Gasteiger partial charge in [-0.05, 0) is 30.0 Å². The van der Waals surface area contributed by atoms with Crippen LogP contribution in [0.15, 0.2) is 47.4 Å². The first kappa shape index (κ1) is 14.5. The number of halogens is 1. The van der Waals surface area contributed by atoms with Gasteiger partial charge in [-0.15, -0.1) is 0 Å². The highest BCUT2D eigenvalue weighted by Gasteiger charge is 2.18. The molecule has 2 N–H and O–H groups in total. The number of aryl methyl sites for hydroxylation is 1. The number of rotatable bonds is 5. The number of hydrogen-bond acceptors (Lipinski definition) is 2. The van der Waals surface area contributed by atoms with Crippen molar-refractivity contribution in [3.63, 3.8) is 0 Å². The third-order valence-corrected chi connectivity index (χ3v) is 3.55. The van der Waals surface area contributed by atoms with Crippen molar-refractivity contribution in [3.8, 4) is 0 Å². The Morgan fingerprint density at radius 2 is 2.00 bits per heavy atom. The van der Waals surface area contributed by atoms with Gasteiger partial charge < -0.3 is 10.1 Å². The lowest BCUT2D eigenvalue weighted by atomic mass is 9.91. The third kappa shape index (κ3) is 3.54. The van der Waals surface area contributed by atoms with Crippen molar-refractivity contribution in [3.05, 3.63) is 69.9 Å². The predicted octanol–water partition coefficient (Wildman–Crippen LogP) is 2.61. The number of H-pyrrole nitrogens is 1. The molecule has 2 rings (SSSR count). The Kier molecular flexibility index (Phi) is 4.69. The smallest absolute Gasteiger partial charge is 0.247 e. The van der Waals surface area contributed by atoms with Gasteiger partial charge in [0.05, 0.1) is 6.10 Å². The Bertz CT molecular complexity index is 603. The fourth-order valence-corrected chi connectivity index (χ4v) is 2.21. The Hall–Kier alpha value is -1.94. The molecule has 106 valence electrons. The summed E-state index contributed by atoms with van der Waals surface area (Å²) in [5, 5.41) is 10.2. The van der Waals surface area contributed by atoms with Crippen molar-refractivity contribution in [2.24, 2.45) is 0 Å². The number of nitrogens with one attached hydrogen (secondary N) is 1. The quantitative estimate of drug-likeness (QED) is 0.881. The fourth-order valence-electron chi connectivity index (χ4n) is 2.21. The van der Waals surface area contributed by atoms with E-state index < -0.39 is 6.10 Å². The van der Waals surface area contributed by atoms with Crippen LogP contribution in [0.2, 0.25) is 0 Å². The molecule has 0 amide bonds. The van der Waals surface area contributed by atoms with Crippen LogP contribution in [0, 0.1) is 5.82 Å². The molecule has 0 fully saturated rings. The summed E-state index contributed by atoms with van der Waals surface area (Å²) in [6, 6.07) is 9.70. The van der Waals surface area contributed by atoms with Crippen LogP contribution in [0.1, 0.15) is 30.4 Å². The predicted molar refractivity (Wildman–Crippen MR) is 76.2 cm³/mol. The van der Waals surface area contributed by atoms with Gasteiger partial charge in [-0.2, -0.15) is 0 Å². The molecule has 0 spiro atoms. The first-order chi connectivity index (χ1) is 9.58. The zero-order valence-corrected chi connectivity index (χ0v) is 11.3. The van der Waals surface area contributed by atoms with Gasteiger partial charge in [0.1, 0.15) is 5.82 Å². The minimum Gasteiger partial charge on any atom is -0.392 e. The summed E-state index contributed by atoms with van der Waals surface area (Å²) in [7, 11) is 0. The summed E-state index contributed by atoms with van der Waals surface area (Å²) in [6.45, 7) is 1.82. The van der Waals surface area contributed by atoms with E-state index >= 15 is 0 Å². The highest BCUT2D eigenvalue weighted by atomic mass is 19.1. The van der Waals surface area contributed by atoms with E-state index in [4.69, 9.17) is 0 Å². The monoisotopic (exact) mass is 275 g/mol. The molecule has 1 aromatic heterocycles. The van der Waals surface area contributed by atoms with Gasteiger partial charge in [0.25, 0.3) is 0 Å². The third-order valence-electron chi connectivity index (χ3n) is 3.55. The van der Waals surface area contributed by atoms with Gasteiger partial charge in [0.2, 0.25) is 5.56 Å². The van der Waals surface area contributed by atoms with Crippen molar-refractivity contribution in [1.82, 2.24) is 4.98 Å². The van der Waals surface area contributed by atoms with E-state index in [1.807, 2.05) is 6.92 Å². The molecule has 20 heavy (non-hydrogen) atoms. The van der Waals surface area contributed by atoms with Crippen molar-refractivity contribution >= 4 is 0 Å². The SMILES string of the molecule is CC(c1ccccc1F)C(O)CCc1ccc(=O)[nH]c1. The summed E-state index contributed by atoms with van der Waals surface area (Å²) < 4.78 is 13.7. The van der Waals surface area contributed by atoms with Crippen LogP contribution in [0.4, 0.5) is 4.39 Å². The number of aromatic amines is 1. The van der Waals surface area contributed by atoms with Gasteiger partial charge >= 0.3 is 0 Å². The Morgan fingerprint density at radius 3 is 2.65 bits per heavy atom. The lowest BCUT2D eigenvalue weighted by Gasteiger charge is -2.19. The molecule has 0 saturated carbocycles. The molecule has 0 aliphatic heterocycles. The first-order valence-electron chi connectivity index (χ1n) is 6.68. The average Bonchev–Trinajstić information content (AvgIpc) is 2.46. The van der Waals surface area contributed by atoms with Gasteiger partial charge in [-0.1, -0.05) is 31.2 Å². The zero-order valence-electron chi connectivity index (χ0n) is 11.3. The molecule has 1 aromatic carbocycles. The molecular weight excluding hydrogens is 257 g/mol. The normalized spacial score (nSPS) is 13.9. The second-order valence-electron chi connectivity index (χ2n) is 4.98. The Balaban J connectivity index is 1.98. The van der Waals surface area contributed by atoms with E-state index in [1.54, 1.807) is 30.5 Å². The van der Waals surface area contributed by atoms with Crippen molar-refractivity contribution in [2.45, 2.75) is 31.8 Å². The second kappa shape index (κ2) is 6.48. The van der Waals surface area contributed by atoms with Crippen LogP contribution in [0.25, 0.3) is 0 Å². The first-order valence-corrected chi connectivity index (χ1v) is 6.68. The molecule has 4 heteroatoms. The van der Waals surface area contributed by atoms with E-state index in [0.717, 1.165) is 5.56 Å². The van der Waals surface area contributed by atoms with Crippen molar-refractivity contribution < 1.29 is 9.50 Å². The Morgan fingerprint density at radius 1 is 1.25 bits per heavy atom. The summed E-state index contributed by atoms with van der Waals surface area (Å²) in [6.07, 6.45) is 2.17. The number of hydrogen-bond donors (Lipinski definition) is 2. The van der Waals surface area contributed by atoms with Gasteiger partial charge in [-0.25, -0.2) is 4.39 Å². The molecule has 0 aliphatic rings. The zero-order chi connectivity index (χ0) is 14.5. The highest BCUT2D eigenvalue weighted by Crippen LogP contribution is 2.24. The molecule has 1 heterocycles. The molecule has 2 unspecified atom stereocenters. The topological polar surface area (TPSA) is 53.1 Å². The molecule has 0 aliphatic carbocycles. The van der Waals surface area contributed by atoms with Gasteiger partial charge in [-0.3, -0.25) is 4.79 Å². The number of aliphatic hydroxyl groups is 1. The minimum atomic E-state index is -0.626. The van der Waals surface area contributed by atoms with E-state index in [2.05, 4.69) is 4.98 Å². The second-order valence-corrected chi connectivity index (χ2v) is 4.98. The fraction of sp³-hybridized carbons (Fsp3) is 0.312. The summed E-state index contributed by atoms with van der Waals surface area (Å²) in [5.74, 6) is -0.554. The van der Waals surface area contributed by atoms with E-state index in [1.165, 1.54) is 12.1 Å². The standard InChI is InChI=1S/C16H18FNO2/c1-11(13-4-2-3-5-14(13)17)15(19)8-6-12-7-9-16(20)18-10-12/h2-5,7,9-11,15,19H,6,8H2,1H3,(H,18,20). The highest BCUT2D eigenvalue weighted by molar-refractivity contribution is 5.22. The molecule has 2 aromatic rings. The molecule has 3 nitrogen and oxygen atoms in total. The van der Waals surface area contributed by atoms with Crippen LogP contribution >= 0.6 is 0 Å². The van der Waals surface area contributed by atoms with Gasteiger partial charge in [0.15, 0.2) is 0 Å². The summed E-state index contributed by atoms with van der Waals surface area (Å²) >= 11 is 0. The molecular formula is C16H18FNO2. The molecule has 0 bridgehead atoms. The molecule has 0 radical (unpaired) electrons. The van der Waals surface area contributed by atoms with Crippen molar-refractivity contribution in [2.75, 3.05) is 0 Å². The van der Waals surface area contributed by atoms with E-state index in [-0.39, 0.29) is 17.3 Å². The van der Waals surface area contributed by atoms with Crippen LogP contribution < -0.4 is 5.56 Å². The van der Waals surface area contributed by atoms with Crippen LogP contribution in [0.3, 0.4) is 0 Å². The largest absolute Gasteiger partial charge is 0.392 e. The number of aromatic nitrogens is 1.